The zero-order valence-corrected chi connectivity index (χ0v) is 16.4. The first kappa shape index (κ1) is 19.6. The monoisotopic (exact) mass is 424 g/mol. The van der Waals surface area contributed by atoms with Crippen LogP contribution >= 0.6 is 11.8 Å². The molecule has 0 fully saturated rings. The van der Waals surface area contributed by atoms with E-state index < -0.39 is 4.92 Å². The third kappa shape index (κ3) is 4.66. The van der Waals surface area contributed by atoms with E-state index in [-0.39, 0.29) is 17.3 Å². The number of nitro groups is 1. The largest absolute Gasteiger partial charge is 0.363 e. The molecule has 0 radical (unpaired) electrons. The maximum absolute atomic E-state index is 13.1. The second-order valence-electron chi connectivity index (χ2n) is 6.29. The van der Waals surface area contributed by atoms with Crippen LogP contribution in [0.25, 0.3) is 11.0 Å². The average molecular weight is 424 g/mol. The number of pyridine rings is 1. The minimum Gasteiger partial charge on any atom is -0.363 e. The van der Waals surface area contributed by atoms with Gasteiger partial charge in [0.2, 0.25) is 5.82 Å². The van der Waals surface area contributed by atoms with Crippen LogP contribution in [-0.2, 0) is 0 Å². The summed E-state index contributed by atoms with van der Waals surface area (Å²) in [4.78, 5) is 22.9. The summed E-state index contributed by atoms with van der Waals surface area (Å²) in [5.74, 6) is 0.868. The molecule has 0 unspecified atom stereocenters. The van der Waals surface area contributed by atoms with Gasteiger partial charge in [0.1, 0.15) is 11.6 Å². The second-order valence-corrected chi connectivity index (χ2v) is 7.37. The molecule has 0 saturated carbocycles. The highest BCUT2D eigenvalue weighted by atomic mass is 32.2. The molecular formula is C20H17FN6O2S. The van der Waals surface area contributed by atoms with Crippen LogP contribution in [0.1, 0.15) is 0 Å². The third-order valence-corrected chi connectivity index (χ3v) is 5.06. The molecule has 3 N–H and O–H groups in total. The van der Waals surface area contributed by atoms with Crippen LogP contribution in [-0.4, -0.2) is 32.2 Å². The summed E-state index contributed by atoms with van der Waals surface area (Å²) < 4.78 is 13.1. The number of hydrogen-bond acceptors (Lipinski definition) is 7. The van der Waals surface area contributed by atoms with Crippen LogP contribution in [0.4, 0.5) is 27.4 Å². The van der Waals surface area contributed by atoms with Crippen molar-refractivity contribution in [2.45, 2.75) is 5.16 Å². The van der Waals surface area contributed by atoms with E-state index in [4.69, 9.17) is 0 Å². The van der Waals surface area contributed by atoms with Crippen molar-refractivity contribution in [3.05, 3.63) is 76.6 Å². The van der Waals surface area contributed by atoms with E-state index in [1.807, 2.05) is 24.3 Å². The molecule has 0 aliphatic rings. The van der Waals surface area contributed by atoms with Crippen molar-refractivity contribution in [1.29, 1.82) is 0 Å². The van der Waals surface area contributed by atoms with Crippen LogP contribution in [0.5, 0.6) is 0 Å². The normalized spacial score (nSPS) is 10.8. The number of thioether (sulfide) groups is 1. The van der Waals surface area contributed by atoms with Crippen molar-refractivity contribution in [2.24, 2.45) is 0 Å². The average Bonchev–Trinajstić information content (AvgIpc) is 3.16. The predicted octanol–water partition coefficient (Wildman–Crippen LogP) is 4.95. The van der Waals surface area contributed by atoms with Gasteiger partial charge in [-0.15, -0.1) is 0 Å². The summed E-state index contributed by atoms with van der Waals surface area (Å²) in [6.07, 6.45) is 0. The van der Waals surface area contributed by atoms with Gasteiger partial charge in [-0.1, -0.05) is 23.9 Å². The fraction of sp³-hybridized carbons (Fsp3) is 0.100. The van der Waals surface area contributed by atoms with Crippen molar-refractivity contribution >= 4 is 45.8 Å². The summed E-state index contributed by atoms with van der Waals surface area (Å²) in [6.45, 7) is 0.454. The van der Waals surface area contributed by atoms with Gasteiger partial charge in [-0.3, -0.25) is 10.1 Å². The second kappa shape index (κ2) is 8.78. The summed E-state index contributed by atoms with van der Waals surface area (Å²) in [7, 11) is 0. The Morgan fingerprint density at radius 2 is 1.87 bits per heavy atom. The molecule has 2 aromatic carbocycles. The van der Waals surface area contributed by atoms with E-state index in [0.717, 1.165) is 16.2 Å². The Hall–Kier alpha value is -3.66. The Kier molecular flexibility index (Phi) is 5.75. The van der Waals surface area contributed by atoms with Crippen molar-refractivity contribution in [3.63, 3.8) is 0 Å². The van der Waals surface area contributed by atoms with E-state index in [0.29, 0.717) is 23.8 Å². The SMILES string of the molecule is O=[N+]([O-])c1ccc(Nc2ccc(F)cc2)nc1NCCSc1nc2ccccc2[nH]1. The van der Waals surface area contributed by atoms with Crippen molar-refractivity contribution in [1.82, 2.24) is 15.0 Å². The number of aromatic amines is 1. The van der Waals surface area contributed by atoms with Gasteiger partial charge in [-0.25, -0.2) is 14.4 Å². The molecule has 0 bridgehead atoms. The molecule has 0 atom stereocenters. The molecule has 8 nitrogen and oxygen atoms in total. The number of imidazole rings is 1. The molecule has 2 aromatic heterocycles. The number of nitrogens with one attached hydrogen (secondary N) is 3. The van der Waals surface area contributed by atoms with Gasteiger partial charge in [0, 0.05) is 24.1 Å². The maximum Gasteiger partial charge on any atom is 0.311 e. The van der Waals surface area contributed by atoms with Crippen LogP contribution in [0, 0.1) is 15.9 Å². The Bertz CT molecular complexity index is 1150. The minimum atomic E-state index is -0.483. The number of rotatable bonds is 8. The lowest BCUT2D eigenvalue weighted by Gasteiger charge is -2.09. The molecular weight excluding hydrogens is 407 g/mol. The molecule has 2 heterocycles. The Labute approximate surface area is 175 Å². The lowest BCUT2D eigenvalue weighted by molar-refractivity contribution is -0.384. The standard InChI is InChI=1S/C20H17FN6O2S/c21-13-5-7-14(8-6-13)23-18-10-9-17(27(28)29)19(26-18)22-11-12-30-20-24-15-3-1-2-4-16(15)25-20/h1-10H,11-12H2,(H,24,25)(H2,22,23,26). The van der Waals surface area contributed by atoms with Gasteiger partial charge in [-0.05, 0) is 42.5 Å². The number of aromatic nitrogens is 3. The lowest BCUT2D eigenvalue weighted by atomic mass is 10.3. The summed E-state index contributed by atoms with van der Waals surface area (Å²) >= 11 is 1.51. The molecule has 0 amide bonds. The maximum atomic E-state index is 13.1. The van der Waals surface area contributed by atoms with Crippen LogP contribution in [0.3, 0.4) is 0 Å². The summed E-state index contributed by atoms with van der Waals surface area (Å²) in [6, 6.07) is 16.4. The topological polar surface area (TPSA) is 109 Å². The number of benzene rings is 2. The Morgan fingerprint density at radius 3 is 2.63 bits per heavy atom. The van der Waals surface area contributed by atoms with E-state index in [1.54, 1.807) is 12.1 Å². The minimum absolute atomic E-state index is 0.117. The molecule has 4 rings (SSSR count). The van der Waals surface area contributed by atoms with Gasteiger partial charge in [0.05, 0.1) is 16.0 Å². The lowest BCUT2D eigenvalue weighted by Crippen LogP contribution is -2.09. The molecule has 30 heavy (non-hydrogen) atoms. The molecule has 0 spiro atoms. The number of nitrogens with zero attached hydrogens (tertiary/aromatic N) is 3. The zero-order chi connectivity index (χ0) is 20.9. The van der Waals surface area contributed by atoms with Crippen LogP contribution < -0.4 is 10.6 Å². The number of H-pyrrole nitrogens is 1. The highest BCUT2D eigenvalue weighted by molar-refractivity contribution is 7.99. The summed E-state index contributed by atoms with van der Waals surface area (Å²) in [5, 5.41) is 18.1. The van der Waals surface area contributed by atoms with E-state index in [9.17, 15) is 14.5 Å². The van der Waals surface area contributed by atoms with Gasteiger partial charge in [0.15, 0.2) is 5.16 Å². The highest BCUT2D eigenvalue weighted by Gasteiger charge is 2.16. The van der Waals surface area contributed by atoms with Crippen LogP contribution in [0.15, 0.2) is 65.8 Å². The predicted molar refractivity (Wildman–Crippen MR) is 116 cm³/mol. The van der Waals surface area contributed by atoms with Crippen LogP contribution in [0.2, 0.25) is 0 Å². The highest BCUT2D eigenvalue weighted by Crippen LogP contribution is 2.26. The zero-order valence-electron chi connectivity index (χ0n) is 15.6. The molecule has 0 aliphatic carbocycles. The fourth-order valence-electron chi connectivity index (χ4n) is 2.79. The first-order chi connectivity index (χ1) is 14.6. The third-order valence-electron chi connectivity index (χ3n) is 4.19. The summed E-state index contributed by atoms with van der Waals surface area (Å²) in [5.41, 5.74) is 2.37. The van der Waals surface area contributed by atoms with Gasteiger partial charge < -0.3 is 15.6 Å². The first-order valence-electron chi connectivity index (χ1n) is 9.08. The smallest absolute Gasteiger partial charge is 0.311 e. The molecule has 0 saturated heterocycles. The Balaban J connectivity index is 1.40. The van der Waals surface area contributed by atoms with E-state index in [1.165, 1.54) is 36.0 Å². The molecule has 0 aliphatic heterocycles. The first-order valence-corrected chi connectivity index (χ1v) is 10.1. The Morgan fingerprint density at radius 1 is 1.07 bits per heavy atom. The van der Waals surface area contributed by atoms with Crippen molar-refractivity contribution < 1.29 is 9.31 Å². The van der Waals surface area contributed by atoms with E-state index >= 15 is 0 Å². The van der Waals surface area contributed by atoms with Crippen molar-refractivity contribution in [2.75, 3.05) is 22.9 Å². The number of anilines is 3. The van der Waals surface area contributed by atoms with Gasteiger partial charge >= 0.3 is 5.69 Å². The number of para-hydroxylation sites is 2. The fourth-order valence-corrected chi connectivity index (χ4v) is 3.54. The van der Waals surface area contributed by atoms with E-state index in [2.05, 4.69) is 25.6 Å². The van der Waals surface area contributed by atoms with Gasteiger partial charge in [0.25, 0.3) is 0 Å². The number of hydrogen-bond donors (Lipinski definition) is 3. The van der Waals surface area contributed by atoms with Gasteiger partial charge in [-0.2, -0.15) is 0 Å². The molecule has 10 heteroatoms. The van der Waals surface area contributed by atoms with Crippen molar-refractivity contribution in [3.8, 4) is 0 Å². The molecule has 4 aromatic rings. The molecule has 152 valence electrons. The number of fused-ring (bicyclic) bond motifs is 1. The quantitative estimate of drug-likeness (QED) is 0.159. The number of halogens is 1.